The third-order valence-electron chi connectivity index (χ3n) is 4.04. The summed E-state index contributed by atoms with van der Waals surface area (Å²) in [5.74, 6) is 0.724. The SMILES string of the molecule is Cc1cc2c(N3CCOC(c4ccc(F)cc4)C3)ncnc2s1. The van der Waals surface area contributed by atoms with Crippen LogP contribution in [-0.4, -0.2) is 29.7 Å². The molecule has 0 spiro atoms. The van der Waals surface area contributed by atoms with Gasteiger partial charge in [-0.1, -0.05) is 12.1 Å². The van der Waals surface area contributed by atoms with Crippen molar-refractivity contribution in [1.29, 1.82) is 0 Å². The number of benzene rings is 1. The van der Waals surface area contributed by atoms with E-state index in [0.717, 1.165) is 28.1 Å². The van der Waals surface area contributed by atoms with Gasteiger partial charge in [0.1, 0.15) is 28.9 Å². The van der Waals surface area contributed by atoms with Crippen LogP contribution in [-0.2, 0) is 4.74 Å². The summed E-state index contributed by atoms with van der Waals surface area (Å²) in [4.78, 5) is 13.3. The number of hydrogen-bond acceptors (Lipinski definition) is 5. The Morgan fingerprint density at radius 2 is 2.09 bits per heavy atom. The maximum Gasteiger partial charge on any atom is 0.140 e. The highest BCUT2D eigenvalue weighted by atomic mass is 32.1. The van der Waals surface area contributed by atoms with Crippen LogP contribution in [0.15, 0.2) is 36.7 Å². The number of fused-ring (bicyclic) bond motifs is 1. The van der Waals surface area contributed by atoms with Crippen LogP contribution in [0.2, 0.25) is 0 Å². The number of morpholine rings is 1. The molecule has 1 atom stereocenters. The van der Waals surface area contributed by atoms with Crippen LogP contribution in [0.1, 0.15) is 16.5 Å². The molecule has 0 saturated carbocycles. The lowest BCUT2D eigenvalue weighted by Gasteiger charge is -2.34. The quantitative estimate of drug-likeness (QED) is 0.718. The lowest BCUT2D eigenvalue weighted by molar-refractivity contribution is 0.0396. The fraction of sp³-hybridized carbons (Fsp3) is 0.294. The first-order chi connectivity index (χ1) is 11.2. The minimum atomic E-state index is -0.229. The molecule has 3 aromatic rings. The van der Waals surface area contributed by atoms with Gasteiger partial charge in [0.15, 0.2) is 0 Å². The monoisotopic (exact) mass is 329 g/mol. The first-order valence-corrected chi connectivity index (χ1v) is 8.35. The third kappa shape index (κ3) is 2.80. The molecule has 6 heteroatoms. The van der Waals surface area contributed by atoms with Crippen LogP contribution in [0, 0.1) is 12.7 Å². The van der Waals surface area contributed by atoms with E-state index in [1.165, 1.54) is 17.0 Å². The zero-order chi connectivity index (χ0) is 15.8. The van der Waals surface area contributed by atoms with Gasteiger partial charge in [0.25, 0.3) is 0 Å². The predicted octanol–water partition coefficient (Wildman–Crippen LogP) is 3.72. The number of hydrogen-bond donors (Lipinski definition) is 0. The molecule has 1 fully saturated rings. The van der Waals surface area contributed by atoms with Crippen molar-refractivity contribution in [2.75, 3.05) is 24.6 Å². The standard InChI is InChI=1S/C17H16FN3OS/c1-11-8-14-16(19-10-20-17(14)23-11)21-6-7-22-15(9-21)12-2-4-13(18)5-3-12/h2-5,8,10,15H,6-7,9H2,1H3. The normalized spacial score (nSPS) is 18.5. The van der Waals surface area contributed by atoms with Crippen LogP contribution in [0.5, 0.6) is 0 Å². The number of ether oxygens (including phenoxy) is 1. The average molecular weight is 329 g/mol. The van der Waals surface area contributed by atoms with E-state index in [4.69, 9.17) is 4.74 Å². The smallest absolute Gasteiger partial charge is 0.140 e. The molecule has 1 aromatic carbocycles. The Morgan fingerprint density at radius 3 is 2.91 bits per heavy atom. The van der Waals surface area contributed by atoms with Crippen LogP contribution in [0.25, 0.3) is 10.2 Å². The number of aromatic nitrogens is 2. The van der Waals surface area contributed by atoms with E-state index in [-0.39, 0.29) is 11.9 Å². The largest absolute Gasteiger partial charge is 0.370 e. The second-order valence-corrected chi connectivity index (χ2v) is 6.86. The zero-order valence-electron chi connectivity index (χ0n) is 12.7. The van der Waals surface area contributed by atoms with Crippen molar-refractivity contribution in [1.82, 2.24) is 9.97 Å². The van der Waals surface area contributed by atoms with Gasteiger partial charge in [-0.25, -0.2) is 14.4 Å². The molecule has 2 aromatic heterocycles. The molecule has 1 aliphatic rings. The molecule has 3 heterocycles. The minimum Gasteiger partial charge on any atom is -0.370 e. The molecule has 1 aliphatic heterocycles. The molecule has 23 heavy (non-hydrogen) atoms. The fourth-order valence-corrected chi connectivity index (χ4v) is 3.78. The van der Waals surface area contributed by atoms with Gasteiger partial charge in [-0.15, -0.1) is 11.3 Å². The Bertz CT molecular complexity index is 833. The van der Waals surface area contributed by atoms with Crippen molar-refractivity contribution in [3.05, 3.63) is 52.9 Å². The Labute approximate surface area is 137 Å². The zero-order valence-corrected chi connectivity index (χ0v) is 13.5. The van der Waals surface area contributed by atoms with Crippen LogP contribution in [0.4, 0.5) is 10.2 Å². The van der Waals surface area contributed by atoms with E-state index in [2.05, 4.69) is 27.9 Å². The second kappa shape index (κ2) is 5.86. The van der Waals surface area contributed by atoms with E-state index in [9.17, 15) is 4.39 Å². The van der Waals surface area contributed by atoms with Crippen molar-refractivity contribution >= 4 is 27.4 Å². The van der Waals surface area contributed by atoms with Crippen molar-refractivity contribution in [3.8, 4) is 0 Å². The van der Waals surface area contributed by atoms with Crippen molar-refractivity contribution in [2.45, 2.75) is 13.0 Å². The fourth-order valence-electron chi connectivity index (χ4n) is 2.94. The molecule has 0 amide bonds. The number of halogens is 1. The summed E-state index contributed by atoms with van der Waals surface area (Å²) in [6.45, 7) is 4.19. The van der Waals surface area contributed by atoms with Crippen molar-refractivity contribution < 1.29 is 9.13 Å². The molecular weight excluding hydrogens is 313 g/mol. The first kappa shape index (κ1) is 14.5. The van der Waals surface area contributed by atoms with Gasteiger partial charge in [0, 0.05) is 18.0 Å². The topological polar surface area (TPSA) is 38.2 Å². The Morgan fingerprint density at radius 1 is 1.26 bits per heavy atom. The Hall–Kier alpha value is -2.05. The average Bonchev–Trinajstić information content (AvgIpc) is 2.95. The summed E-state index contributed by atoms with van der Waals surface area (Å²) in [6.07, 6.45) is 1.55. The van der Waals surface area contributed by atoms with Gasteiger partial charge in [-0.2, -0.15) is 0 Å². The Kier molecular flexibility index (Phi) is 3.71. The second-order valence-electron chi connectivity index (χ2n) is 5.63. The van der Waals surface area contributed by atoms with E-state index in [1.54, 1.807) is 29.8 Å². The summed E-state index contributed by atoms with van der Waals surface area (Å²) in [6, 6.07) is 8.66. The van der Waals surface area contributed by atoms with E-state index in [1.807, 2.05) is 0 Å². The highest BCUT2D eigenvalue weighted by Crippen LogP contribution is 2.32. The minimum absolute atomic E-state index is 0.0749. The summed E-state index contributed by atoms with van der Waals surface area (Å²) in [5, 5.41) is 1.09. The van der Waals surface area contributed by atoms with Gasteiger partial charge in [0.2, 0.25) is 0 Å². The molecule has 118 valence electrons. The molecule has 1 saturated heterocycles. The number of thiophene rings is 1. The van der Waals surface area contributed by atoms with Gasteiger partial charge in [-0.3, -0.25) is 0 Å². The molecule has 4 rings (SSSR count). The lowest BCUT2D eigenvalue weighted by Crippen LogP contribution is -2.39. The number of nitrogens with zero attached hydrogens (tertiary/aromatic N) is 3. The van der Waals surface area contributed by atoms with Crippen LogP contribution in [0.3, 0.4) is 0 Å². The molecule has 4 nitrogen and oxygen atoms in total. The number of rotatable bonds is 2. The van der Waals surface area contributed by atoms with Crippen LogP contribution >= 0.6 is 11.3 Å². The van der Waals surface area contributed by atoms with E-state index in [0.29, 0.717) is 13.2 Å². The lowest BCUT2D eigenvalue weighted by atomic mass is 10.1. The molecule has 0 N–H and O–H groups in total. The highest BCUT2D eigenvalue weighted by molar-refractivity contribution is 7.18. The molecule has 1 unspecified atom stereocenters. The molecule has 0 aliphatic carbocycles. The van der Waals surface area contributed by atoms with Crippen molar-refractivity contribution in [2.24, 2.45) is 0 Å². The van der Waals surface area contributed by atoms with Gasteiger partial charge in [0.05, 0.1) is 12.0 Å². The maximum absolute atomic E-state index is 13.1. The number of anilines is 1. The summed E-state index contributed by atoms with van der Waals surface area (Å²) in [5.41, 5.74) is 0.989. The molecular formula is C17H16FN3OS. The molecule has 0 bridgehead atoms. The summed E-state index contributed by atoms with van der Waals surface area (Å²) in [7, 11) is 0. The van der Waals surface area contributed by atoms with Crippen LogP contribution < -0.4 is 4.90 Å². The van der Waals surface area contributed by atoms with Crippen molar-refractivity contribution in [3.63, 3.8) is 0 Å². The third-order valence-corrected chi connectivity index (χ3v) is 5.00. The van der Waals surface area contributed by atoms with Gasteiger partial charge >= 0.3 is 0 Å². The number of aryl methyl sites for hydroxylation is 1. The Balaban J connectivity index is 1.65. The van der Waals surface area contributed by atoms with E-state index >= 15 is 0 Å². The molecule has 0 radical (unpaired) electrons. The summed E-state index contributed by atoms with van der Waals surface area (Å²) >= 11 is 1.68. The van der Waals surface area contributed by atoms with E-state index < -0.39 is 0 Å². The van der Waals surface area contributed by atoms with Gasteiger partial charge < -0.3 is 9.64 Å². The predicted molar refractivity (Wildman–Crippen MR) is 89.5 cm³/mol. The highest BCUT2D eigenvalue weighted by Gasteiger charge is 2.24. The van der Waals surface area contributed by atoms with Gasteiger partial charge in [-0.05, 0) is 30.7 Å². The first-order valence-electron chi connectivity index (χ1n) is 7.54. The maximum atomic E-state index is 13.1. The summed E-state index contributed by atoms with van der Waals surface area (Å²) < 4.78 is 19.0.